The molecule has 0 spiro atoms. The molecule has 0 saturated heterocycles. The zero-order valence-electron chi connectivity index (χ0n) is 8.74. The van der Waals surface area contributed by atoms with Crippen LogP contribution in [0.15, 0.2) is 18.2 Å². The highest BCUT2D eigenvalue weighted by molar-refractivity contribution is 6.18. The molecule has 1 aromatic carbocycles. The molecule has 0 aliphatic carbocycles. The fourth-order valence-electron chi connectivity index (χ4n) is 1.13. The highest BCUT2D eigenvalue weighted by atomic mass is 35.5. The van der Waals surface area contributed by atoms with Crippen molar-refractivity contribution in [3.05, 3.63) is 23.8 Å². The van der Waals surface area contributed by atoms with Crippen LogP contribution in [0.25, 0.3) is 0 Å². The van der Waals surface area contributed by atoms with Crippen LogP contribution in [0.3, 0.4) is 0 Å². The monoisotopic (exact) mass is 258 g/mol. The molecule has 0 aromatic heterocycles. The Morgan fingerprint density at radius 2 is 2.06 bits per heavy atom. The van der Waals surface area contributed by atoms with Gasteiger partial charge in [0.15, 0.2) is 0 Å². The van der Waals surface area contributed by atoms with Crippen LogP contribution >= 0.6 is 11.6 Å². The Labute approximate surface area is 102 Å². The number of anilines is 1. The summed E-state index contributed by atoms with van der Waals surface area (Å²) in [6.45, 7) is 0.312. The summed E-state index contributed by atoms with van der Waals surface area (Å²) in [6.07, 6.45) is 0. The van der Waals surface area contributed by atoms with Crippen molar-refractivity contribution in [3.63, 3.8) is 0 Å². The third-order valence-electron chi connectivity index (χ3n) is 1.87. The number of carboxylic acids is 1. The zero-order chi connectivity index (χ0) is 12.8. The summed E-state index contributed by atoms with van der Waals surface area (Å²) in [4.78, 5) is 21.8. The first-order chi connectivity index (χ1) is 8.04. The number of carboxylic acid groups (broad SMARTS) is 1. The van der Waals surface area contributed by atoms with Gasteiger partial charge in [0.2, 0.25) is 0 Å². The van der Waals surface area contributed by atoms with Gasteiger partial charge in [0.25, 0.3) is 0 Å². The number of aromatic carboxylic acids is 1. The lowest BCUT2D eigenvalue weighted by atomic mass is 10.2. The molecule has 7 heteroatoms. The summed E-state index contributed by atoms with van der Waals surface area (Å²) >= 11 is 5.38. The summed E-state index contributed by atoms with van der Waals surface area (Å²) in [7, 11) is 0. The first-order valence-corrected chi connectivity index (χ1v) is 5.25. The number of phenols is 1. The Kier molecular flexibility index (Phi) is 4.59. The number of halogens is 1. The number of benzene rings is 1. The number of carbonyl (C=O) groups excluding carboxylic acids is 1. The summed E-state index contributed by atoms with van der Waals surface area (Å²) in [5, 5.41) is 22.9. The van der Waals surface area contributed by atoms with Crippen molar-refractivity contribution < 1.29 is 19.8 Å². The smallest absolute Gasteiger partial charge is 0.339 e. The molecule has 92 valence electrons. The minimum Gasteiger partial charge on any atom is -0.507 e. The molecule has 0 atom stereocenters. The lowest BCUT2D eigenvalue weighted by molar-refractivity contribution is 0.0694. The van der Waals surface area contributed by atoms with Crippen LogP contribution in [0.4, 0.5) is 10.5 Å². The third-order valence-corrected chi connectivity index (χ3v) is 2.06. The van der Waals surface area contributed by atoms with E-state index in [2.05, 4.69) is 10.6 Å². The van der Waals surface area contributed by atoms with Gasteiger partial charge in [0.05, 0.1) is 0 Å². The zero-order valence-corrected chi connectivity index (χ0v) is 9.49. The molecule has 0 heterocycles. The lowest BCUT2D eigenvalue weighted by Crippen LogP contribution is -2.30. The Hall–Kier alpha value is -1.95. The molecule has 0 saturated carbocycles. The molecule has 2 amide bonds. The SMILES string of the molecule is O=C(NCCCl)Nc1ccc(C(=O)O)c(O)c1. The molecule has 4 N–H and O–H groups in total. The number of amides is 2. The van der Waals surface area contributed by atoms with Crippen LogP contribution in [-0.2, 0) is 0 Å². The van der Waals surface area contributed by atoms with E-state index in [1.165, 1.54) is 12.1 Å². The molecule has 1 aromatic rings. The van der Waals surface area contributed by atoms with E-state index in [-0.39, 0.29) is 11.4 Å². The molecular formula is C10H11ClN2O4. The van der Waals surface area contributed by atoms with Crippen LogP contribution < -0.4 is 10.6 Å². The van der Waals surface area contributed by atoms with Gasteiger partial charge in [0.1, 0.15) is 11.3 Å². The maximum Gasteiger partial charge on any atom is 0.339 e. The minimum atomic E-state index is -1.24. The van der Waals surface area contributed by atoms with E-state index >= 15 is 0 Å². The fraction of sp³-hybridized carbons (Fsp3) is 0.200. The van der Waals surface area contributed by atoms with Crippen molar-refractivity contribution in [2.24, 2.45) is 0 Å². The number of nitrogens with one attached hydrogen (secondary N) is 2. The number of urea groups is 1. The molecule has 0 aliphatic rings. The van der Waals surface area contributed by atoms with E-state index in [1.807, 2.05) is 0 Å². The van der Waals surface area contributed by atoms with Gasteiger partial charge in [-0.25, -0.2) is 9.59 Å². The maximum atomic E-state index is 11.2. The maximum absolute atomic E-state index is 11.2. The van der Waals surface area contributed by atoms with Gasteiger partial charge in [0, 0.05) is 24.2 Å². The second-order valence-electron chi connectivity index (χ2n) is 3.11. The predicted molar refractivity (Wildman–Crippen MR) is 62.8 cm³/mol. The average Bonchev–Trinajstić information content (AvgIpc) is 2.26. The summed E-state index contributed by atoms with van der Waals surface area (Å²) in [6, 6.07) is 3.26. The second kappa shape index (κ2) is 5.95. The van der Waals surface area contributed by atoms with Crippen LogP contribution in [-0.4, -0.2) is 34.6 Å². The first kappa shape index (κ1) is 13.1. The molecule has 0 aliphatic heterocycles. The van der Waals surface area contributed by atoms with Crippen molar-refractivity contribution in [1.29, 1.82) is 0 Å². The van der Waals surface area contributed by atoms with E-state index in [0.717, 1.165) is 6.07 Å². The molecular weight excluding hydrogens is 248 g/mol. The van der Waals surface area contributed by atoms with Crippen LogP contribution in [0.1, 0.15) is 10.4 Å². The number of aromatic hydroxyl groups is 1. The van der Waals surface area contributed by atoms with E-state index in [4.69, 9.17) is 16.7 Å². The Balaban J connectivity index is 2.70. The van der Waals surface area contributed by atoms with Gasteiger partial charge >= 0.3 is 12.0 Å². The lowest BCUT2D eigenvalue weighted by Gasteiger charge is -2.07. The molecule has 17 heavy (non-hydrogen) atoms. The quantitative estimate of drug-likeness (QED) is 0.614. The van der Waals surface area contributed by atoms with Gasteiger partial charge in [-0.05, 0) is 12.1 Å². The van der Waals surface area contributed by atoms with E-state index in [1.54, 1.807) is 0 Å². The minimum absolute atomic E-state index is 0.225. The van der Waals surface area contributed by atoms with Crippen molar-refractivity contribution in [1.82, 2.24) is 5.32 Å². The van der Waals surface area contributed by atoms with Gasteiger partial charge in [-0.3, -0.25) is 0 Å². The van der Waals surface area contributed by atoms with Crippen molar-refractivity contribution in [2.45, 2.75) is 0 Å². The topological polar surface area (TPSA) is 98.7 Å². The van der Waals surface area contributed by atoms with Gasteiger partial charge in [-0.1, -0.05) is 0 Å². The van der Waals surface area contributed by atoms with Crippen LogP contribution in [0.2, 0.25) is 0 Å². The van der Waals surface area contributed by atoms with E-state index < -0.39 is 17.7 Å². The van der Waals surface area contributed by atoms with Crippen molar-refractivity contribution >= 4 is 29.3 Å². The third kappa shape index (κ3) is 3.84. The molecule has 0 fully saturated rings. The Morgan fingerprint density at radius 1 is 1.35 bits per heavy atom. The van der Waals surface area contributed by atoms with Crippen LogP contribution in [0.5, 0.6) is 5.75 Å². The Morgan fingerprint density at radius 3 is 2.59 bits per heavy atom. The first-order valence-electron chi connectivity index (χ1n) is 4.71. The molecule has 1 rings (SSSR count). The fourth-order valence-corrected chi connectivity index (χ4v) is 1.22. The highest BCUT2D eigenvalue weighted by Gasteiger charge is 2.10. The highest BCUT2D eigenvalue weighted by Crippen LogP contribution is 2.21. The summed E-state index contributed by atoms with van der Waals surface area (Å²) < 4.78 is 0. The molecule has 0 unspecified atom stereocenters. The Bertz CT molecular complexity index is 436. The largest absolute Gasteiger partial charge is 0.507 e. The van der Waals surface area contributed by atoms with Crippen molar-refractivity contribution in [2.75, 3.05) is 17.7 Å². The van der Waals surface area contributed by atoms with E-state index in [9.17, 15) is 14.7 Å². The van der Waals surface area contributed by atoms with Gasteiger partial charge in [-0.2, -0.15) is 0 Å². The average molecular weight is 259 g/mol. The number of hydrogen-bond acceptors (Lipinski definition) is 3. The number of hydrogen-bond donors (Lipinski definition) is 4. The number of alkyl halides is 1. The second-order valence-corrected chi connectivity index (χ2v) is 3.48. The molecule has 0 bridgehead atoms. The normalized spacial score (nSPS) is 9.71. The standard InChI is InChI=1S/C10H11ClN2O4/c11-3-4-12-10(17)13-6-1-2-7(9(15)16)8(14)5-6/h1-2,5,14H,3-4H2,(H,15,16)(H2,12,13,17). The molecule has 0 radical (unpaired) electrons. The summed E-state index contributed by atoms with van der Waals surface area (Å²) in [5.41, 5.74) is 0.0660. The van der Waals surface area contributed by atoms with Gasteiger partial charge < -0.3 is 20.8 Å². The van der Waals surface area contributed by atoms with E-state index in [0.29, 0.717) is 12.2 Å². The van der Waals surface area contributed by atoms with Gasteiger partial charge in [-0.15, -0.1) is 11.6 Å². The molecule has 6 nitrogen and oxygen atoms in total. The predicted octanol–water partition coefficient (Wildman–Crippen LogP) is 1.45. The van der Waals surface area contributed by atoms with Crippen molar-refractivity contribution in [3.8, 4) is 5.75 Å². The number of rotatable bonds is 4. The summed E-state index contributed by atoms with van der Waals surface area (Å²) in [5.74, 6) is -1.36. The number of carbonyl (C=O) groups is 2. The van der Waals surface area contributed by atoms with Crippen LogP contribution in [0, 0.1) is 0 Å².